The molecule has 1 atom stereocenters. The highest BCUT2D eigenvalue weighted by molar-refractivity contribution is 6.17. The van der Waals surface area contributed by atoms with Gasteiger partial charge < -0.3 is 4.57 Å². The zero-order valence-electron chi connectivity index (χ0n) is 11.6. The van der Waals surface area contributed by atoms with Gasteiger partial charge >= 0.3 is 0 Å². The van der Waals surface area contributed by atoms with Crippen molar-refractivity contribution < 1.29 is 0 Å². The van der Waals surface area contributed by atoms with E-state index in [0.717, 1.165) is 41.6 Å². The summed E-state index contributed by atoms with van der Waals surface area (Å²) in [5, 5.41) is 0. The van der Waals surface area contributed by atoms with Crippen molar-refractivity contribution in [3.05, 3.63) is 23.7 Å². The van der Waals surface area contributed by atoms with Gasteiger partial charge in [0.2, 0.25) is 0 Å². The van der Waals surface area contributed by atoms with Crippen LogP contribution in [0.15, 0.2) is 12.1 Å². The van der Waals surface area contributed by atoms with Crippen LogP contribution in [-0.2, 0) is 13.0 Å². The summed E-state index contributed by atoms with van der Waals surface area (Å²) in [5.41, 5.74) is 3.06. The van der Waals surface area contributed by atoms with E-state index >= 15 is 0 Å². The Morgan fingerprint density at radius 1 is 1.37 bits per heavy atom. The predicted octanol–water partition coefficient (Wildman–Crippen LogP) is 3.57. The number of aryl methyl sites for hydroxylation is 2. The molecular formula is C15H20ClN3. The van der Waals surface area contributed by atoms with Gasteiger partial charge in [-0.2, -0.15) is 0 Å². The van der Waals surface area contributed by atoms with Crippen LogP contribution < -0.4 is 0 Å². The zero-order valence-corrected chi connectivity index (χ0v) is 12.3. The Balaban J connectivity index is 2.01. The van der Waals surface area contributed by atoms with Crippen molar-refractivity contribution in [3.63, 3.8) is 0 Å². The van der Waals surface area contributed by atoms with Crippen molar-refractivity contribution in [2.45, 2.75) is 39.7 Å². The lowest BCUT2D eigenvalue weighted by molar-refractivity contribution is 0.428. The fraction of sp³-hybridized carbons (Fsp3) is 0.600. The molecule has 1 aliphatic carbocycles. The van der Waals surface area contributed by atoms with Crippen molar-refractivity contribution in [2.75, 3.05) is 5.88 Å². The van der Waals surface area contributed by atoms with Crippen molar-refractivity contribution in [3.8, 4) is 0 Å². The number of fused-ring (bicyclic) bond motifs is 1. The molecule has 2 aromatic rings. The van der Waals surface area contributed by atoms with E-state index in [4.69, 9.17) is 16.6 Å². The summed E-state index contributed by atoms with van der Waals surface area (Å²) >= 11 is 5.90. The second-order valence-corrected chi connectivity index (χ2v) is 6.07. The molecule has 1 unspecified atom stereocenters. The Kier molecular flexibility index (Phi) is 3.48. The van der Waals surface area contributed by atoms with Gasteiger partial charge in [0, 0.05) is 24.5 Å². The predicted molar refractivity (Wildman–Crippen MR) is 78.6 cm³/mol. The first-order chi connectivity index (χ1) is 9.19. The second-order valence-electron chi connectivity index (χ2n) is 5.69. The van der Waals surface area contributed by atoms with Crippen molar-refractivity contribution >= 4 is 22.8 Å². The minimum absolute atomic E-state index is 0.611. The van der Waals surface area contributed by atoms with Gasteiger partial charge in [0.05, 0.1) is 0 Å². The number of pyridine rings is 1. The van der Waals surface area contributed by atoms with Crippen LogP contribution >= 0.6 is 11.6 Å². The summed E-state index contributed by atoms with van der Waals surface area (Å²) in [5.74, 6) is 3.29. The fourth-order valence-electron chi connectivity index (χ4n) is 2.71. The Morgan fingerprint density at radius 2 is 2.16 bits per heavy atom. The Labute approximate surface area is 119 Å². The van der Waals surface area contributed by atoms with Gasteiger partial charge in [-0.3, -0.25) is 0 Å². The maximum Gasteiger partial charge on any atom is 0.160 e. The van der Waals surface area contributed by atoms with Crippen molar-refractivity contribution in [1.29, 1.82) is 0 Å². The van der Waals surface area contributed by atoms with Crippen LogP contribution in [-0.4, -0.2) is 20.4 Å². The summed E-state index contributed by atoms with van der Waals surface area (Å²) < 4.78 is 2.29. The van der Waals surface area contributed by atoms with E-state index in [-0.39, 0.29) is 0 Å². The van der Waals surface area contributed by atoms with Crippen molar-refractivity contribution in [2.24, 2.45) is 11.8 Å². The molecule has 0 aromatic carbocycles. The number of alkyl halides is 1. The van der Waals surface area contributed by atoms with Crippen LogP contribution in [0.25, 0.3) is 11.2 Å². The molecule has 102 valence electrons. The normalized spacial score (nSPS) is 17.0. The molecule has 19 heavy (non-hydrogen) atoms. The van der Waals surface area contributed by atoms with E-state index in [1.807, 2.05) is 13.0 Å². The van der Waals surface area contributed by atoms with Crippen LogP contribution in [0.3, 0.4) is 0 Å². The third kappa shape index (κ3) is 2.62. The monoisotopic (exact) mass is 277 g/mol. The molecule has 1 fully saturated rings. The molecule has 2 heterocycles. The maximum absolute atomic E-state index is 5.90. The molecule has 0 aliphatic heterocycles. The molecule has 3 nitrogen and oxygen atoms in total. The maximum atomic E-state index is 5.90. The molecule has 0 spiro atoms. The fourth-order valence-corrected chi connectivity index (χ4v) is 2.88. The van der Waals surface area contributed by atoms with Gasteiger partial charge in [-0.25, -0.2) is 9.97 Å². The van der Waals surface area contributed by atoms with E-state index in [1.54, 1.807) is 0 Å². The quantitative estimate of drug-likeness (QED) is 0.782. The van der Waals surface area contributed by atoms with Crippen LogP contribution in [0.5, 0.6) is 0 Å². The lowest BCUT2D eigenvalue weighted by Gasteiger charge is -2.14. The number of imidazole rings is 1. The first-order valence-corrected chi connectivity index (χ1v) is 7.61. The summed E-state index contributed by atoms with van der Waals surface area (Å²) in [6.07, 6.45) is 3.57. The van der Waals surface area contributed by atoms with Crippen LogP contribution in [0.4, 0.5) is 0 Å². The Bertz CT molecular complexity index is 586. The van der Waals surface area contributed by atoms with Crippen molar-refractivity contribution in [1.82, 2.24) is 14.5 Å². The third-order valence-electron chi connectivity index (χ3n) is 4.03. The number of aromatic nitrogens is 3. The molecule has 1 aliphatic rings. The van der Waals surface area contributed by atoms with Gasteiger partial charge in [-0.15, -0.1) is 11.6 Å². The second kappa shape index (κ2) is 5.12. The number of halogens is 1. The molecule has 0 amide bonds. The smallest absolute Gasteiger partial charge is 0.160 e. The van der Waals surface area contributed by atoms with Gasteiger partial charge in [-0.05, 0) is 43.7 Å². The molecule has 0 saturated heterocycles. The first-order valence-electron chi connectivity index (χ1n) is 7.07. The summed E-state index contributed by atoms with van der Waals surface area (Å²) in [4.78, 5) is 9.36. The Morgan fingerprint density at radius 3 is 2.84 bits per heavy atom. The molecule has 2 aromatic heterocycles. The highest BCUT2D eigenvalue weighted by Crippen LogP contribution is 2.37. The Hall–Kier alpha value is -1.09. The van der Waals surface area contributed by atoms with Gasteiger partial charge in [0.1, 0.15) is 11.3 Å². The van der Waals surface area contributed by atoms with E-state index in [0.29, 0.717) is 11.8 Å². The average Bonchev–Trinajstić information content (AvgIpc) is 3.17. The first kappa shape index (κ1) is 12.9. The summed E-state index contributed by atoms with van der Waals surface area (Å²) in [6, 6.07) is 4.09. The SMILES string of the molecule is Cc1ccc2nc(CCCl)n(CC(C)C3CC3)c2n1. The van der Waals surface area contributed by atoms with E-state index in [9.17, 15) is 0 Å². The minimum Gasteiger partial charge on any atom is -0.312 e. The topological polar surface area (TPSA) is 30.7 Å². The zero-order chi connectivity index (χ0) is 13.4. The summed E-state index contributed by atoms with van der Waals surface area (Å²) in [7, 11) is 0. The minimum atomic E-state index is 0.611. The highest BCUT2D eigenvalue weighted by atomic mass is 35.5. The average molecular weight is 278 g/mol. The molecule has 4 heteroatoms. The highest BCUT2D eigenvalue weighted by Gasteiger charge is 2.29. The third-order valence-corrected chi connectivity index (χ3v) is 4.21. The van der Waals surface area contributed by atoms with Gasteiger partial charge in [-0.1, -0.05) is 6.92 Å². The number of nitrogens with zero attached hydrogens (tertiary/aromatic N) is 3. The van der Waals surface area contributed by atoms with E-state index < -0.39 is 0 Å². The van der Waals surface area contributed by atoms with Crippen LogP contribution in [0.1, 0.15) is 31.3 Å². The number of rotatable bonds is 5. The molecule has 1 saturated carbocycles. The number of hydrogen-bond donors (Lipinski definition) is 0. The molecule has 0 radical (unpaired) electrons. The largest absolute Gasteiger partial charge is 0.312 e. The molecule has 0 N–H and O–H groups in total. The lowest BCUT2D eigenvalue weighted by Crippen LogP contribution is -2.13. The standard InChI is InChI=1S/C15H20ClN3/c1-10(12-4-5-12)9-19-14(7-8-16)18-13-6-3-11(2)17-15(13)19/h3,6,10,12H,4-5,7-9H2,1-2H3. The number of hydrogen-bond acceptors (Lipinski definition) is 2. The molecular weight excluding hydrogens is 258 g/mol. The molecule has 0 bridgehead atoms. The van der Waals surface area contributed by atoms with E-state index in [1.165, 1.54) is 12.8 Å². The summed E-state index contributed by atoms with van der Waals surface area (Å²) in [6.45, 7) is 5.38. The van der Waals surface area contributed by atoms with Crippen LogP contribution in [0.2, 0.25) is 0 Å². The van der Waals surface area contributed by atoms with Crippen LogP contribution in [0, 0.1) is 18.8 Å². The van der Waals surface area contributed by atoms with E-state index in [2.05, 4.69) is 22.5 Å². The van der Waals surface area contributed by atoms with Gasteiger partial charge in [0.15, 0.2) is 5.65 Å². The molecule has 3 rings (SSSR count). The van der Waals surface area contributed by atoms with Gasteiger partial charge in [0.25, 0.3) is 0 Å². The lowest BCUT2D eigenvalue weighted by atomic mass is 10.1.